The number of carbonyl (C=O) groups is 1. The SMILES string of the molecule is N.O=C(O)C1CCC=N1. The third-order valence-corrected chi connectivity index (χ3v) is 1.14. The molecule has 4 N–H and O–H groups in total. The number of carboxylic acids is 1. The second-order valence-corrected chi connectivity index (χ2v) is 1.76. The molecule has 1 atom stereocenters. The highest BCUT2D eigenvalue weighted by Crippen LogP contribution is 2.06. The van der Waals surface area contributed by atoms with Gasteiger partial charge in [-0.2, -0.15) is 0 Å². The molecule has 0 aromatic rings. The van der Waals surface area contributed by atoms with Crippen LogP contribution in [0.1, 0.15) is 12.8 Å². The molecule has 0 aromatic heterocycles. The minimum Gasteiger partial charge on any atom is -0.480 e. The minimum absolute atomic E-state index is 0. The van der Waals surface area contributed by atoms with E-state index in [9.17, 15) is 4.79 Å². The van der Waals surface area contributed by atoms with Crippen molar-refractivity contribution in [1.29, 1.82) is 0 Å². The molecular formula is C5H10N2O2. The average molecular weight is 130 g/mol. The fourth-order valence-electron chi connectivity index (χ4n) is 0.696. The number of hydrogen-bond donors (Lipinski definition) is 2. The first-order valence-electron chi connectivity index (χ1n) is 2.55. The summed E-state index contributed by atoms with van der Waals surface area (Å²) in [5, 5.41) is 8.30. The van der Waals surface area contributed by atoms with Gasteiger partial charge in [-0.15, -0.1) is 0 Å². The second kappa shape index (κ2) is 3.19. The highest BCUT2D eigenvalue weighted by Gasteiger charge is 2.17. The Morgan fingerprint density at radius 1 is 1.78 bits per heavy atom. The van der Waals surface area contributed by atoms with Crippen molar-refractivity contribution in [2.75, 3.05) is 0 Å². The molecule has 1 rings (SSSR count). The lowest BCUT2D eigenvalue weighted by Crippen LogP contribution is -2.13. The Labute approximate surface area is 53.2 Å². The molecular weight excluding hydrogens is 120 g/mol. The highest BCUT2D eigenvalue weighted by molar-refractivity contribution is 5.78. The molecule has 4 heteroatoms. The van der Waals surface area contributed by atoms with E-state index < -0.39 is 12.0 Å². The first-order valence-corrected chi connectivity index (χ1v) is 2.55. The van der Waals surface area contributed by atoms with E-state index in [1.807, 2.05) is 0 Å². The van der Waals surface area contributed by atoms with Gasteiger partial charge in [0.2, 0.25) is 0 Å². The molecule has 0 fully saturated rings. The van der Waals surface area contributed by atoms with Crippen molar-refractivity contribution in [3.05, 3.63) is 0 Å². The van der Waals surface area contributed by atoms with Gasteiger partial charge in [-0.25, -0.2) is 4.79 Å². The summed E-state index contributed by atoms with van der Waals surface area (Å²) in [5.41, 5.74) is 0. The standard InChI is InChI=1S/C5H7NO2.H3N/c7-5(8)4-2-1-3-6-4;/h3-4H,1-2H2,(H,7,8);1H3. The molecule has 0 aromatic carbocycles. The van der Waals surface area contributed by atoms with Crippen LogP contribution in [0.15, 0.2) is 4.99 Å². The van der Waals surface area contributed by atoms with Crippen molar-refractivity contribution in [1.82, 2.24) is 6.15 Å². The Kier molecular flexibility index (Phi) is 2.87. The van der Waals surface area contributed by atoms with Crippen molar-refractivity contribution in [3.8, 4) is 0 Å². The predicted molar refractivity (Wildman–Crippen MR) is 34.2 cm³/mol. The first kappa shape index (κ1) is 8.10. The van der Waals surface area contributed by atoms with Crippen molar-refractivity contribution in [3.63, 3.8) is 0 Å². The van der Waals surface area contributed by atoms with Gasteiger partial charge < -0.3 is 11.3 Å². The lowest BCUT2D eigenvalue weighted by atomic mass is 10.2. The number of rotatable bonds is 1. The fourth-order valence-corrected chi connectivity index (χ4v) is 0.696. The summed E-state index contributed by atoms with van der Waals surface area (Å²) >= 11 is 0. The van der Waals surface area contributed by atoms with Gasteiger partial charge in [0, 0.05) is 0 Å². The van der Waals surface area contributed by atoms with E-state index in [0.717, 1.165) is 6.42 Å². The van der Waals surface area contributed by atoms with Crippen LogP contribution in [0.25, 0.3) is 0 Å². The Bertz CT molecular complexity index is 133. The van der Waals surface area contributed by atoms with Crippen molar-refractivity contribution < 1.29 is 9.90 Å². The van der Waals surface area contributed by atoms with Crippen LogP contribution < -0.4 is 6.15 Å². The largest absolute Gasteiger partial charge is 0.480 e. The van der Waals surface area contributed by atoms with Crippen molar-refractivity contribution >= 4 is 12.2 Å². The molecule has 1 unspecified atom stereocenters. The molecule has 0 radical (unpaired) electrons. The molecule has 0 amide bonds. The number of carboxylic acid groups (broad SMARTS) is 1. The van der Waals surface area contributed by atoms with Crippen LogP contribution >= 0.6 is 0 Å². The summed E-state index contributed by atoms with van der Waals surface area (Å²) < 4.78 is 0. The van der Waals surface area contributed by atoms with Crippen molar-refractivity contribution in [2.24, 2.45) is 4.99 Å². The number of aliphatic carboxylic acids is 1. The zero-order chi connectivity index (χ0) is 5.98. The summed E-state index contributed by atoms with van der Waals surface area (Å²) in [4.78, 5) is 13.8. The lowest BCUT2D eigenvalue weighted by molar-refractivity contribution is -0.138. The van der Waals surface area contributed by atoms with E-state index in [-0.39, 0.29) is 6.15 Å². The Hall–Kier alpha value is -0.900. The first-order chi connectivity index (χ1) is 3.80. The van der Waals surface area contributed by atoms with E-state index in [1.165, 1.54) is 0 Å². The molecule has 9 heavy (non-hydrogen) atoms. The van der Waals surface area contributed by atoms with Gasteiger partial charge in [0.15, 0.2) is 0 Å². The van der Waals surface area contributed by atoms with E-state index in [0.29, 0.717) is 6.42 Å². The smallest absolute Gasteiger partial charge is 0.328 e. The van der Waals surface area contributed by atoms with E-state index in [2.05, 4.69) is 4.99 Å². The van der Waals surface area contributed by atoms with Crippen LogP contribution in [0.3, 0.4) is 0 Å². The maximum atomic E-state index is 10.1. The van der Waals surface area contributed by atoms with Crippen LogP contribution in [-0.2, 0) is 4.79 Å². The molecule has 52 valence electrons. The summed E-state index contributed by atoms with van der Waals surface area (Å²) in [6, 6.07) is -0.449. The van der Waals surface area contributed by atoms with Crippen LogP contribution in [0.5, 0.6) is 0 Å². The van der Waals surface area contributed by atoms with Gasteiger partial charge in [-0.05, 0) is 19.1 Å². The van der Waals surface area contributed by atoms with Crippen LogP contribution in [0.2, 0.25) is 0 Å². The van der Waals surface area contributed by atoms with E-state index in [1.54, 1.807) is 6.21 Å². The van der Waals surface area contributed by atoms with Crippen LogP contribution in [0.4, 0.5) is 0 Å². The molecule has 1 heterocycles. The van der Waals surface area contributed by atoms with Gasteiger partial charge in [0.05, 0.1) is 0 Å². The fraction of sp³-hybridized carbons (Fsp3) is 0.600. The number of nitrogens with zero attached hydrogens (tertiary/aromatic N) is 1. The maximum absolute atomic E-state index is 10.1. The van der Waals surface area contributed by atoms with Gasteiger partial charge in [-0.3, -0.25) is 4.99 Å². The molecule has 0 spiro atoms. The molecule has 0 aliphatic carbocycles. The third kappa shape index (κ3) is 1.81. The Morgan fingerprint density at radius 2 is 2.44 bits per heavy atom. The average Bonchev–Trinajstić information content (AvgIpc) is 2.12. The summed E-state index contributed by atoms with van der Waals surface area (Å²) in [5.74, 6) is -0.807. The monoisotopic (exact) mass is 130 g/mol. The second-order valence-electron chi connectivity index (χ2n) is 1.76. The lowest BCUT2D eigenvalue weighted by Gasteiger charge is -1.94. The van der Waals surface area contributed by atoms with Gasteiger partial charge in [-0.1, -0.05) is 0 Å². The zero-order valence-corrected chi connectivity index (χ0v) is 5.08. The molecule has 0 saturated heterocycles. The van der Waals surface area contributed by atoms with E-state index in [4.69, 9.17) is 5.11 Å². The van der Waals surface area contributed by atoms with Gasteiger partial charge in [0.1, 0.15) is 6.04 Å². The summed E-state index contributed by atoms with van der Waals surface area (Å²) in [6.07, 6.45) is 3.16. The van der Waals surface area contributed by atoms with Gasteiger partial charge >= 0.3 is 5.97 Å². The van der Waals surface area contributed by atoms with Crippen LogP contribution in [-0.4, -0.2) is 23.3 Å². The van der Waals surface area contributed by atoms with Crippen molar-refractivity contribution in [2.45, 2.75) is 18.9 Å². The third-order valence-electron chi connectivity index (χ3n) is 1.14. The molecule has 0 bridgehead atoms. The molecule has 4 nitrogen and oxygen atoms in total. The molecule has 0 saturated carbocycles. The van der Waals surface area contributed by atoms with Gasteiger partial charge in [0.25, 0.3) is 0 Å². The minimum atomic E-state index is -0.807. The molecule has 1 aliphatic heterocycles. The van der Waals surface area contributed by atoms with E-state index >= 15 is 0 Å². The number of hydrogen-bond acceptors (Lipinski definition) is 3. The number of aliphatic imine (C=N–C) groups is 1. The highest BCUT2D eigenvalue weighted by atomic mass is 16.4. The molecule has 1 aliphatic rings. The predicted octanol–water partition coefficient (Wildman–Crippen LogP) is 0.466. The quantitative estimate of drug-likeness (QED) is 0.541. The maximum Gasteiger partial charge on any atom is 0.328 e. The summed E-state index contributed by atoms with van der Waals surface area (Å²) in [6.45, 7) is 0. The normalized spacial score (nSPS) is 23.3. The Balaban J connectivity index is 0.000000640. The van der Waals surface area contributed by atoms with Crippen LogP contribution in [0, 0.1) is 0 Å². The summed E-state index contributed by atoms with van der Waals surface area (Å²) in [7, 11) is 0. The zero-order valence-electron chi connectivity index (χ0n) is 5.08. The topological polar surface area (TPSA) is 84.7 Å². The Morgan fingerprint density at radius 3 is 2.67 bits per heavy atom.